The molecule has 210 valence electrons. The number of amides is 1. The molecule has 7 nitrogen and oxygen atoms in total. The molecule has 4 aromatic rings. The summed E-state index contributed by atoms with van der Waals surface area (Å²) in [5, 5.41) is 20.7. The van der Waals surface area contributed by atoms with Crippen molar-refractivity contribution in [1.82, 2.24) is 10.2 Å². The number of aliphatic hydroxyl groups is 1. The van der Waals surface area contributed by atoms with E-state index in [4.69, 9.17) is 27.9 Å². The van der Waals surface area contributed by atoms with Crippen LogP contribution < -0.4 is 9.64 Å². The number of nitrogens with zero attached hydrogens (tertiary/aromatic N) is 3. The molecule has 1 fully saturated rings. The van der Waals surface area contributed by atoms with Crippen LogP contribution in [0.1, 0.15) is 42.5 Å². The number of hydrogen-bond acceptors (Lipinski definition) is 8. The average Bonchev–Trinajstić information content (AvgIpc) is 3.56. The molecule has 2 heterocycles. The maximum atomic E-state index is 13.5. The third kappa shape index (κ3) is 6.43. The Labute approximate surface area is 255 Å². The van der Waals surface area contributed by atoms with E-state index >= 15 is 0 Å². The van der Waals surface area contributed by atoms with Crippen molar-refractivity contribution in [3.05, 3.63) is 105 Å². The summed E-state index contributed by atoms with van der Waals surface area (Å²) in [6.07, 6.45) is 1.93. The van der Waals surface area contributed by atoms with Crippen LogP contribution in [0.25, 0.3) is 5.76 Å². The van der Waals surface area contributed by atoms with E-state index in [9.17, 15) is 14.7 Å². The summed E-state index contributed by atoms with van der Waals surface area (Å²) in [7, 11) is 0. The molecule has 1 amide bonds. The fourth-order valence-corrected chi connectivity index (χ4v) is 6.43. The lowest BCUT2D eigenvalue weighted by Gasteiger charge is -2.23. The number of carbonyl (C=O) groups is 2. The zero-order valence-corrected chi connectivity index (χ0v) is 25.1. The molecule has 0 bridgehead atoms. The molecule has 41 heavy (non-hydrogen) atoms. The second-order valence-corrected chi connectivity index (χ2v) is 12.2. The third-order valence-corrected chi connectivity index (χ3v) is 9.27. The van der Waals surface area contributed by atoms with Crippen molar-refractivity contribution in [2.75, 3.05) is 11.5 Å². The van der Waals surface area contributed by atoms with Crippen molar-refractivity contribution in [1.29, 1.82) is 0 Å². The van der Waals surface area contributed by atoms with E-state index in [0.717, 1.165) is 18.4 Å². The number of anilines is 1. The van der Waals surface area contributed by atoms with Gasteiger partial charge in [-0.15, -0.1) is 10.2 Å². The average molecular weight is 627 g/mol. The van der Waals surface area contributed by atoms with E-state index in [0.29, 0.717) is 38.6 Å². The molecule has 3 aromatic carbocycles. The molecule has 1 N–H and O–H groups in total. The van der Waals surface area contributed by atoms with Gasteiger partial charge < -0.3 is 9.84 Å². The highest BCUT2D eigenvalue weighted by atomic mass is 35.5. The van der Waals surface area contributed by atoms with Crippen LogP contribution in [0.4, 0.5) is 5.13 Å². The van der Waals surface area contributed by atoms with Gasteiger partial charge in [-0.3, -0.25) is 14.5 Å². The summed E-state index contributed by atoms with van der Waals surface area (Å²) >= 11 is 15.2. The van der Waals surface area contributed by atoms with Gasteiger partial charge in [0.1, 0.15) is 11.5 Å². The van der Waals surface area contributed by atoms with E-state index in [1.165, 1.54) is 28.0 Å². The number of unbranched alkanes of at least 4 members (excludes halogenated alkanes) is 1. The van der Waals surface area contributed by atoms with Gasteiger partial charge in [0.2, 0.25) is 5.13 Å². The number of ether oxygens (including phenoxy) is 1. The molecule has 0 aliphatic carbocycles. The minimum atomic E-state index is -0.995. The number of Topliss-reactive ketones (excluding diaryl/α,β-unsaturated/α-hetero) is 1. The number of rotatable bonds is 10. The molecule has 11 heteroatoms. The molecule has 1 aromatic heterocycles. The molecular formula is C30H25Cl2N3O4S2. The second-order valence-electron chi connectivity index (χ2n) is 9.19. The zero-order chi connectivity index (χ0) is 28.9. The van der Waals surface area contributed by atoms with Crippen molar-refractivity contribution >= 4 is 68.9 Å². The molecule has 1 atom stereocenters. The Bertz CT molecular complexity index is 1590. The van der Waals surface area contributed by atoms with Gasteiger partial charge >= 0.3 is 5.91 Å². The Morgan fingerprint density at radius 2 is 1.78 bits per heavy atom. The first-order valence-corrected chi connectivity index (χ1v) is 15.4. The van der Waals surface area contributed by atoms with Crippen LogP contribution >= 0.6 is 46.3 Å². The lowest BCUT2D eigenvalue weighted by atomic mass is 9.95. The molecule has 0 spiro atoms. The SMILES string of the molecule is CCCCOc1ccc(C(O)=C2C(=O)C(=O)N(c3nnc(SCc4ccccc4)s3)[C@@H]2c2ccc(Cl)c(Cl)c2)cc1. The number of aliphatic hydroxyl groups excluding tert-OH is 1. The Kier molecular flexibility index (Phi) is 9.29. The molecule has 0 radical (unpaired) electrons. The lowest BCUT2D eigenvalue weighted by molar-refractivity contribution is -0.132. The van der Waals surface area contributed by atoms with Crippen molar-refractivity contribution < 1.29 is 19.4 Å². The Hall–Kier alpha value is -3.37. The molecule has 5 rings (SSSR count). The van der Waals surface area contributed by atoms with Crippen molar-refractivity contribution in [2.24, 2.45) is 0 Å². The normalized spacial score (nSPS) is 16.4. The summed E-state index contributed by atoms with van der Waals surface area (Å²) in [5.41, 5.74) is 1.90. The predicted molar refractivity (Wildman–Crippen MR) is 164 cm³/mol. The van der Waals surface area contributed by atoms with Gasteiger partial charge in [-0.1, -0.05) is 96.0 Å². The Morgan fingerprint density at radius 1 is 1.02 bits per heavy atom. The molecule has 0 unspecified atom stereocenters. The third-order valence-electron chi connectivity index (χ3n) is 6.41. The molecule has 1 aliphatic heterocycles. The van der Waals surface area contributed by atoms with E-state index in [-0.39, 0.29) is 21.5 Å². The first-order chi connectivity index (χ1) is 19.9. The van der Waals surface area contributed by atoms with Gasteiger partial charge in [0, 0.05) is 11.3 Å². The molecule has 0 saturated carbocycles. The van der Waals surface area contributed by atoms with Crippen molar-refractivity contribution in [2.45, 2.75) is 35.9 Å². The highest BCUT2D eigenvalue weighted by molar-refractivity contribution is 8.00. The first-order valence-electron chi connectivity index (χ1n) is 12.9. The number of thioether (sulfide) groups is 1. The van der Waals surface area contributed by atoms with E-state index in [1.807, 2.05) is 30.3 Å². The molecular weight excluding hydrogens is 601 g/mol. The summed E-state index contributed by atoms with van der Waals surface area (Å²) < 4.78 is 6.35. The summed E-state index contributed by atoms with van der Waals surface area (Å²) in [6, 6.07) is 20.5. The van der Waals surface area contributed by atoms with Crippen LogP contribution in [0.15, 0.2) is 82.7 Å². The van der Waals surface area contributed by atoms with Gasteiger partial charge in [0.25, 0.3) is 5.78 Å². The highest BCUT2D eigenvalue weighted by Gasteiger charge is 2.48. The van der Waals surface area contributed by atoms with Crippen molar-refractivity contribution in [3.8, 4) is 5.75 Å². The highest BCUT2D eigenvalue weighted by Crippen LogP contribution is 2.45. The van der Waals surface area contributed by atoms with Crippen molar-refractivity contribution in [3.63, 3.8) is 0 Å². The van der Waals surface area contributed by atoms with Gasteiger partial charge in [-0.25, -0.2) is 0 Å². The predicted octanol–water partition coefficient (Wildman–Crippen LogP) is 7.94. The number of halogens is 2. The fraction of sp³-hybridized carbons (Fsp3) is 0.200. The van der Waals surface area contributed by atoms with Gasteiger partial charge in [-0.2, -0.15) is 0 Å². The minimum absolute atomic E-state index is 0.0817. The number of carbonyl (C=O) groups excluding carboxylic acids is 2. The van der Waals surface area contributed by atoms with Crippen LogP contribution in [0.3, 0.4) is 0 Å². The summed E-state index contributed by atoms with van der Waals surface area (Å²) in [4.78, 5) is 28.2. The van der Waals surface area contributed by atoms with E-state index in [1.54, 1.807) is 42.5 Å². The Balaban J connectivity index is 1.51. The van der Waals surface area contributed by atoms with Crippen LogP contribution in [0.2, 0.25) is 10.0 Å². The quantitative estimate of drug-likeness (QED) is 0.0477. The lowest BCUT2D eigenvalue weighted by Crippen LogP contribution is -2.29. The van der Waals surface area contributed by atoms with Gasteiger partial charge in [-0.05, 0) is 53.9 Å². The topological polar surface area (TPSA) is 92.6 Å². The summed E-state index contributed by atoms with van der Waals surface area (Å²) in [6.45, 7) is 2.66. The minimum Gasteiger partial charge on any atom is -0.507 e. The second kappa shape index (κ2) is 13.1. The monoisotopic (exact) mass is 625 g/mol. The van der Waals surface area contributed by atoms with Crippen LogP contribution in [-0.4, -0.2) is 33.6 Å². The first kappa shape index (κ1) is 29.1. The number of hydrogen-bond donors (Lipinski definition) is 1. The van der Waals surface area contributed by atoms with Gasteiger partial charge in [0.05, 0.1) is 28.3 Å². The maximum absolute atomic E-state index is 13.5. The van der Waals surface area contributed by atoms with Crippen LogP contribution in [-0.2, 0) is 15.3 Å². The van der Waals surface area contributed by atoms with E-state index < -0.39 is 17.7 Å². The zero-order valence-electron chi connectivity index (χ0n) is 21.9. The molecule has 1 saturated heterocycles. The van der Waals surface area contributed by atoms with Gasteiger partial charge in [0.15, 0.2) is 4.34 Å². The number of benzene rings is 3. The Morgan fingerprint density at radius 3 is 2.49 bits per heavy atom. The smallest absolute Gasteiger partial charge is 0.301 e. The van der Waals surface area contributed by atoms with E-state index in [2.05, 4.69) is 17.1 Å². The van der Waals surface area contributed by atoms with Crippen LogP contribution in [0.5, 0.6) is 5.75 Å². The molecule has 1 aliphatic rings. The fourth-order valence-electron chi connectivity index (χ4n) is 4.30. The van der Waals surface area contributed by atoms with Crippen LogP contribution in [0, 0.1) is 0 Å². The number of ketones is 1. The summed E-state index contributed by atoms with van der Waals surface area (Å²) in [5.74, 6) is -0.660. The largest absolute Gasteiger partial charge is 0.507 e. The number of aromatic nitrogens is 2. The maximum Gasteiger partial charge on any atom is 0.301 e. The standard InChI is InChI=1S/C30H25Cl2N3O4S2/c1-2-3-15-39-21-12-9-19(10-13-21)26(36)24-25(20-11-14-22(31)23(32)16-20)35(28(38)27(24)37)29-33-34-30(41-29)40-17-18-7-5-4-6-8-18/h4-14,16,25,36H,2-3,15,17H2,1H3/t25-/m1/s1.